The van der Waals surface area contributed by atoms with E-state index in [2.05, 4.69) is 15.3 Å². The van der Waals surface area contributed by atoms with Crippen LogP contribution in [0.3, 0.4) is 0 Å². The lowest BCUT2D eigenvalue weighted by Crippen LogP contribution is -2.13. The molecule has 0 aliphatic heterocycles. The van der Waals surface area contributed by atoms with E-state index in [-0.39, 0.29) is 16.2 Å². The fourth-order valence-electron chi connectivity index (χ4n) is 1.40. The number of nitrogens with zero attached hydrogens (tertiary/aromatic N) is 2. The van der Waals surface area contributed by atoms with E-state index in [9.17, 15) is 4.79 Å². The molecule has 6 heteroatoms. The maximum Gasteiger partial charge on any atom is 0.255 e. The summed E-state index contributed by atoms with van der Waals surface area (Å²) in [6, 6.07) is 4.64. The quantitative estimate of drug-likeness (QED) is 0.859. The van der Waals surface area contributed by atoms with Crippen molar-refractivity contribution in [2.75, 3.05) is 5.32 Å². The van der Waals surface area contributed by atoms with Gasteiger partial charge < -0.3 is 5.32 Å². The van der Waals surface area contributed by atoms with Gasteiger partial charge in [0.15, 0.2) is 0 Å². The molecule has 0 saturated carbocycles. The molecule has 4 nitrogen and oxygen atoms in total. The Morgan fingerprint density at radius 3 is 2.56 bits per heavy atom. The van der Waals surface area contributed by atoms with Gasteiger partial charge in [0.1, 0.15) is 10.3 Å². The Morgan fingerprint density at radius 2 is 1.94 bits per heavy atom. The van der Waals surface area contributed by atoms with E-state index in [1.807, 2.05) is 6.92 Å². The maximum absolute atomic E-state index is 12.0. The number of pyridine rings is 2. The van der Waals surface area contributed by atoms with Crippen LogP contribution in [-0.2, 0) is 0 Å². The van der Waals surface area contributed by atoms with Gasteiger partial charge in [-0.3, -0.25) is 9.78 Å². The number of rotatable bonds is 2. The van der Waals surface area contributed by atoms with Crippen LogP contribution >= 0.6 is 23.2 Å². The Hall–Kier alpha value is -1.65. The highest BCUT2D eigenvalue weighted by Crippen LogP contribution is 2.17. The zero-order valence-corrected chi connectivity index (χ0v) is 11.0. The molecular formula is C12H9Cl2N3O. The van der Waals surface area contributed by atoms with Gasteiger partial charge in [0.2, 0.25) is 0 Å². The van der Waals surface area contributed by atoms with Crippen molar-refractivity contribution in [1.82, 2.24) is 9.97 Å². The van der Waals surface area contributed by atoms with Crippen LogP contribution < -0.4 is 5.32 Å². The Morgan fingerprint density at radius 1 is 1.28 bits per heavy atom. The SMILES string of the molecule is Cc1cnccc1NC(=O)c1cc(Cl)nc(Cl)c1. The van der Waals surface area contributed by atoms with Crippen LogP contribution in [-0.4, -0.2) is 15.9 Å². The van der Waals surface area contributed by atoms with Crippen LogP contribution in [0.15, 0.2) is 30.6 Å². The van der Waals surface area contributed by atoms with Crippen molar-refractivity contribution < 1.29 is 4.79 Å². The second kappa shape index (κ2) is 5.33. The molecule has 1 N–H and O–H groups in total. The normalized spacial score (nSPS) is 10.2. The summed E-state index contributed by atoms with van der Waals surface area (Å²) in [4.78, 5) is 19.7. The van der Waals surface area contributed by atoms with Crippen molar-refractivity contribution in [3.8, 4) is 0 Å². The number of anilines is 1. The molecule has 0 atom stereocenters. The number of carbonyl (C=O) groups is 1. The van der Waals surface area contributed by atoms with E-state index >= 15 is 0 Å². The number of hydrogen-bond acceptors (Lipinski definition) is 3. The van der Waals surface area contributed by atoms with Crippen molar-refractivity contribution in [3.63, 3.8) is 0 Å². The standard InChI is InChI=1S/C12H9Cl2N3O/c1-7-6-15-3-2-9(7)16-12(18)8-4-10(13)17-11(14)5-8/h2-6H,1H3,(H,15,16,18). The summed E-state index contributed by atoms with van der Waals surface area (Å²) < 4.78 is 0. The van der Waals surface area contributed by atoms with Crippen molar-refractivity contribution in [2.24, 2.45) is 0 Å². The average Bonchev–Trinajstić information content (AvgIpc) is 2.31. The molecule has 92 valence electrons. The summed E-state index contributed by atoms with van der Waals surface area (Å²) >= 11 is 11.5. The van der Waals surface area contributed by atoms with Gasteiger partial charge in [-0.25, -0.2) is 4.98 Å². The van der Waals surface area contributed by atoms with Crippen LogP contribution in [0.25, 0.3) is 0 Å². The topological polar surface area (TPSA) is 54.9 Å². The minimum absolute atomic E-state index is 0.180. The predicted octanol–water partition coefficient (Wildman–Crippen LogP) is 3.34. The van der Waals surface area contributed by atoms with Crippen molar-refractivity contribution in [3.05, 3.63) is 52.0 Å². The van der Waals surface area contributed by atoms with E-state index in [0.29, 0.717) is 11.3 Å². The summed E-state index contributed by atoms with van der Waals surface area (Å²) in [6.45, 7) is 1.86. The first kappa shape index (κ1) is 12.8. The number of carbonyl (C=O) groups excluding carboxylic acids is 1. The predicted molar refractivity (Wildman–Crippen MR) is 71.2 cm³/mol. The lowest BCUT2D eigenvalue weighted by atomic mass is 10.2. The number of aryl methyl sites for hydroxylation is 1. The molecule has 0 aromatic carbocycles. The first-order chi connectivity index (χ1) is 8.56. The molecule has 2 heterocycles. The third-order valence-electron chi connectivity index (χ3n) is 2.29. The van der Waals surface area contributed by atoms with E-state index in [4.69, 9.17) is 23.2 Å². The summed E-state index contributed by atoms with van der Waals surface area (Å²) in [5.41, 5.74) is 1.92. The maximum atomic E-state index is 12.0. The van der Waals surface area contributed by atoms with Crippen LogP contribution in [0.4, 0.5) is 5.69 Å². The number of amides is 1. The number of hydrogen-bond donors (Lipinski definition) is 1. The lowest BCUT2D eigenvalue weighted by molar-refractivity contribution is 0.102. The Balaban J connectivity index is 2.25. The molecule has 0 aliphatic rings. The fraction of sp³-hybridized carbons (Fsp3) is 0.0833. The molecule has 2 aromatic rings. The highest BCUT2D eigenvalue weighted by atomic mass is 35.5. The molecule has 0 unspecified atom stereocenters. The lowest BCUT2D eigenvalue weighted by Gasteiger charge is -2.07. The zero-order valence-electron chi connectivity index (χ0n) is 9.45. The van der Waals surface area contributed by atoms with Crippen LogP contribution in [0.1, 0.15) is 15.9 Å². The number of halogens is 2. The average molecular weight is 282 g/mol. The minimum atomic E-state index is -0.296. The largest absolute Gasteiger partial charge is 0.322 e. The van der Waals surface area contributed by atoms with Gasteiger partial charge in [-0.15, -0.1) is 0 Å². The summed E-state index contributed by atoms with van der Waals surface area (Å²) in [5.74, 6) is -0.296. The smallest absolute Gasteiger partial charge is 0.255 e. The summed E-state index contributed by atoms with van der Waals surface area (Å²) in [7, 11) is 0. The highest BCUT2D eigenvalue weighted by Gasteiger charge is 2.10. The molecular weight excluding hydrogens is 273 g/mol. The van der Waals surface area contributed by atoms with Crippen LogP contribution in [0.2, 0.25) is 10.3 Å². The van der Waals surface area contributed by atoms with Gasteiger partial charge in [-0.1, -0.05) is 23.2 Å². The first-order valence-electron chi connectivity index (χ1n) is 5.11. The van der Waals surface area contributed by atoms with Crippen LogP contribution in [0.5, 0.6) is 0 Å². The third kappa shape index (κ3) is 2.97. The van der Waals surface area contributed by atoms with E-state index in [1.54, 1.807) is 18.5 Å². The Kier molecular flexibility index (Phi) is 3.79. The third-order valence-corrected chi connectivity index (χ3v) is 2.68. The summed E-state index contributed by atoms with van der Waals surface area (Å²) in [6.07, 6.45) is 3.28. The van der Waals surface area contributed by atoms with E-state index in [1.165, 1.54) is 12.1 Å². The Labute approximate surface area is 114 Å². The molecule has 0 radical (unpaired) electrons. The second-order valence-corrected chi connectivity index (χ2v) is 4.42. The summed E-state index contributed by atoms with van der Waals surface area (Å²) in [5, 5.41) is 3.12. The molecule has 0 spiro atoms. The van der Waals surface area contributed by atoms with E-state index in [0.717, 1.165) is 5.56 Å². The molecule has 0 saturated heterocycles. The van der Waals surface area contributed by atoms with Crippen molar-refractivity contribution in [2.45, 2.75) is 6.92 Å². The molecule has 1 amide bonds. The second-order valence-electron chi connectivity index (χ2n) is 3.65. The van der Waals surface area contributed by atoms with Crippen LogP contribution in [0, 0.1) is 6.92 Å². The van der Waals surface area contributed by atoms with Gasteiger partial charge >= 0.3 is 0 Å². The monoisotopic (exact) mass is 281 g/mol. The van der Waals surface area contributed by atoms with Gasteiger partial charge in [0, 0.05) is 23.6 Å². The van der Waals surface area contributed by atoms with E-state index < -0.39 is 0 Å². The molecule has 0 aliphatic carbocycles. The fourth-order valence-corrected chi connectivity index (χ4v) is 1.86. The zero-order chi connectivity index (χ0) is 13.1. The molecule has 0 fully saturated rings. The van der Waals surface area contributed by atoms with Gasteiger partial charge in [0.25, 0.3) is 5.91 Å². The van der Waals surface area contributed by atoms with Gasteiger partial charge in [0.05, 0.1) is 0 Å². The van der Waals surface area contributed by atoms with Crippen molar-refractivity contribution in [1.29, 1.82) is 0 Å². The minimum Gasteiger partial charge on any atom is -0.322 e. The first-order valence-corrected chi connectivity index (χ1v) is 5.87. The van der Waals surface area contributed by atoms with Gasteiger partial charge in [-0.05, 0) is 30.7 Å². The number of aromatic nitrogens is 2. The molecule has 0 bridgehead atoms. The molecule has 2 aromatic heterocycles. The highest BCUT2D eigenvalue weighted by molar-refractivity contribution is 6.33. The van der Waals surface area contributed by atoms with Gasteiger partial charge in [-0.2, -0.15) is 0 Å². The molecule has 2 rings (SSSR count). The number of nitrogens with one attached hydrogen (secondary N) is 1. The Bertz CT molecular complexity index is 581. The van der Waals surface area contributed by atoms with Crippen molar-refractivity contribution >= 4 is 34.8 Å². The molecule has 18 heavy (non-hydrogen) atoms.